The zero-order valence-electron chi connectivity index (χ0n) is 15.0. The molecule has 2 aromatic heterocycles. The SMILES string of the molecule is CCOC(=O)/C(=C(\O)c1ccc2cnncc2c1)c1ccc2cnncc2c1. The molecule has 28 heavy (non-hydrogen) atoms. The molecular weight excluding hydrogens is 356 g/mol. The van der Waals surface area contributed by atoms with Crippen molar-refractivity contribution in [3.8, 4) is 0 Å². The van der Waals surface area contributed by atoms with Gasteiger partial charge in [-0.15, -0.1) is 0 Å². The van der Waals surface area contributed by atoms with Gasteiger partial charge in [0.2, 0.25) is 0 Å². The van der Waals surface area contributed by atoms with Crippen LogP contribution in [0, 0.1) is 0 Å². The topological polar surface area (TPSA) is 98.1 Å². The number of ether oxygens (including phenoxy) is 1. The van der Waals surface area contributed by atoms with E-state index in [1.165, 1.54) is 0 Å². The molecule has 0 unspecified atom stereocenters. The molecule has 4 rings (SSSR count). The van der Waals surface area contributed by atoms with E-state index >= 15 is 0 Å². The number of fused-ring (bicyclic) bond motifs is 2. The second-order valence-electron chi connectivity index (χ2n) is 6.11. The molecule has 0 bridgehead atoms. The molecule has 0 fully saturated rings. The predicted molar refractivity (Wildman–Crippen MR) is 105 cm³/mol. The fourth-order valence-electron chi connectivity index (χ4n) is 2.99. The van der Waals surface area contributed by atoms with E-state index in [0.717, 1.165) is 21.5 Å². The van der Waals surface area contributed by atoms with E-state index in [0.29, 0.717) is 11.1 Å². The normalized spacial score (nSPS) is 12.0. The van der Waals surface area contributed by atoms with E-state index in [2.05, 4.69) is 20.4 Å². The first-order valence-corrected chi connectivity index (χ1v) is 8.69. The zero-order valence-corrected chi connectivity index (χ0v) is 15.0. The molecule has 0 atom stereocenters. The smallest absolute Gasteiger partial charge is 0.342 e. The van der Waals surface area contributed by atoms with Crippen LogP contribution < -0.4 is 0 Å². The van der Waals surface area contributed by atoms with Gasteiger partial charge in [-0.2, -0.15) is 20.4 Å². The van der Waals surface area contributed by atoms with Gasteiger partial charge in [-0.25, -0.2) is 4.79 Å². The van der Waals surface area contributed by atoms with Crippen LogP contribution in [0.1, 0.15) is 18.1 Å². The minimum absolute atomic E-state index is 0.0851. The Morgan fingerprint density at radius 3 is 1.89 bits per heavy atom. The number of benzene rings is 2. The Morgan fingerprint density at radius 1 is 0.821 bits per heavy atom. The number of aromatic nitrogens is 4. The fraction of sp³-hybridized carbons (Fsp3) is 0.0952. The van der Waals surface area contributed by atoms with E-state index < -0.39 is 5.97 Å². The number of hydrogen-bond acceptors (Lipinski definition) is 7. The summed E-state index contributed by atoms with van der Waals surface area (Å²) in [4.78, 5) is 12.7. The first kappa shape index (κ1) is 17.5. The van der Waals surface area contributed by atoms with Crippen LogP contribution >= 0.6 is 0 Å². The standard InChI is InChI=1S/C21H16N4O3/c1-2-28-21(27)19(13-3-5-15-9-22-24-11-17(15)7-13)20(26)14-4-6-16-10-23-25-12-18(16)8-14/h3-12,26H,2H2,1H3/b20-19-. The molecule has 0 saturated heterocycles. The summed E-state index contributed by atoms with van der Waals surface area (Å²) in [6.07, 6.45) is 6.48. The molecule has 0 aliphatic carbocycles. The van der Waals surface area contributed by atoms with Gasteiger partial charge in [0, 0.05) is 27.1 Å². The van der Waals surface area contributed by atoms with Gasteiger partial charge in [0.05, 0.1) is 31.4 Å². The summed E-state index contributed by atoms with van der Waals surface area (Å²) in [5.41, 5.74) is 1.10. The largest absolute Gasteiger partial charge is 0.506 e. The van der Waals surface area contributed by atoms with Crippen LogP contribution in [0.3, 0.4) is 0 Å². The predicted octanol–water partition coefficient (Wildman–Crippen LogP) is 3.56. The molecule has 2 heterocycles. The molecule has 4 aromatic rings. The van der Waals surface area contributed by atoms with Gasteiger partial charge in [0.1, 0.15) is 11.3 Å². The highest BCUT2D eigenvalue weighted by Gasteiger charge is 2.21. The Labute approximate surface area is 160 Å². The highest BCUT2D eigenvalue weighted by atomic mass is 16.5. The summed E-state index contributed by atoms with van der Waals surface area (Å²) in [5.74, 6) is -0.771. The summed E-state index contributed by atoms with van der Waals surface area (Å²) in [6.45, 7) is 1.92. The van der Waals surface area contributed by atoms with Crippen molar-refractivity contribution in [3.63, 3.8) is 0 Å². The van der Waals surface area contributed by atoms with Crippen LogP contribution in [-0.4, -0.2) is 38.1 Å². The van der Waals surface area contributed by atoms with Gasteiger partial charge in [-0.05, 0) is 24.6 Å². The Hall–Kier alpha value is -3.87. The maximum Gasteiger partial charge on any atom is 0.342 e. The lowest BCUT2D eigenvalue weighted by Gasteiger charge is -2.12. The van der Waals surface area contributed by atoms with E-state index in [4.69, 9.17) is 4.74 Å². The highest BCUT2D eigenvalue weighted by molar-refractivity contribution is 6.24. The van der Waals surface area contributed by atoms with Gasteiger partial charge >= 0.3 is 5.97 Å². The number of aliphatic hydroxyl groups excluding tert-OH is 1. The van der Waals surface area contributed by atoms with Crippen molar-refractivity contribution in [2.24, 2.45) is 0 Å². The molecule has 0 saturated carbocycles. The first-order chi connectivity index (χ1) is 13.7. The molecule has 0 spiro atoms. The Morgan fingerprint density at radius 2 is 1.32 bits per heavy atom. The quantitative estimate of drug-likeness (QED) is 0.253. The van der Waals surface area contributed by atoms with E-state index in [1.54, 1.807) is 56.0 Å². The Balaban J connectivity index is 1.90. The monoisotopic (exact) mass is 372 g/mol. The van der Waals surface area contributed by atoms with Gasteiger partial charge < -0.3 is 9.84 Å². The second-order valence-corrected chi connectivity index (χ2v) is 6.11. The lowest BCUT2D eigenvalue weighted by molar-refractivity contribution is -0.136. The van der Waals surface area contributed by atoms with Crippen molar-refractivity contribution < 1.29 is 14.6 Å². The highest BCUT2D eigenvalue weighted by Crippen LogP contribution is 2.29. The van der Waals surface area contributed by atoms with Crippen LogP contribution in [0.15, 0.2) is 61.2 Å². The second kappa shape index (κ2) is 7.40. The third-order valence-electron chi connectivity index (χ3n) is 4.37. The van der Waals surface area contributed by atoms with Crippen LogP contribution in [0.5, 0.6) is 0 Å². The molecule has 138 valence electrons. The lowest BCUT2D eigenvalue weighted by Crippen LogP contribution is -2.09. The maximum atomic E-state index is 12.7. The summed E-state index contributed by atoms with van der Waals surface area (Å²) in [7, 11) is 0. The minimum atomic E-state index is -0.602. The Kier molecular flexibility index (Phi) is 4.63. The van der Waals surface area contributed by atoms with Gasteiger partial charge in [0.15, 0.2) is 0 Å². The summed E-state index contributed by atoms with van der Waals surface area (Å²) < 4.78 is 5.19. The molecule has 0 aliphatic heterocycles. The molecule has 0 aliphatic rings. The number of carbonyl (C=O) groups is 1. The summed E-state index contributed by atoms with van der Waals surface area (Å²) in [6, 6.07) is 10.6. The van der Waals surface area contributed by atoms with Crippen LogP contribution in [0.25, 0.3) is 32.9 Å². The van der Waals surface area contributed by atoms with E-state index in [1.807, 2.05) is 12.1 Å². The van der Waals surface area contributed by atoms with Crippen molar-refractivity contribution in [2.45, 2.75) is 6.92 Å². The molecular formula is C21H16N4O3. The molecule has 0 radical (unpaired) electrons. The van der Waals surface area contributed by atoms with Crippen LogP contribution in [0.4, 0.5) is 0 Å². The zero-order chi connectivity index (χ0) is 19.5. The third kappa shape index (κ3) is 3.25. The third-order valence-corrected chi connectivity index (χ3v) is 4.37. The molecule has 0 amide bonds. The van der Waals surface area contributed by atoms with Crippen molar-refractivity contribution in [1.82, 2.24) is 20.4 Å². The van der Waals surface area contributed by atoms with Gasteiger partial charge in [-0.3, -0.25) is 0 Å². The first-order valence-electron chi connectivity index (χ1n) is 8.69. The van der Waals surface area contributed by atoms with Gasteiger partial charge in [-0.1, -0.05) is 24.3 Å². The van der Waals surface area contributed by atoms with Crippen molar-refractivity contribution >= 4 is 38.8 Å². The van der Waals surface area contributed by atoms with Gasteiger partial charge in [0.25, 0.3) is 0 Å². The van der Waals surface area contributed by atoms with Crippen molar-refractivity contribution in [3.05, 3.63) is 72.3 Å². The van der Waals surface area contributed by atoms with Crippen molar-refractivity contribution in [1.29, 1.82) is 0 Å². The number of nitrogens with zero attached hydrogens (tertiary/aromatic N) is 4. The minimum Gasteiger partial charge on any atom is -0.506 e. The van der Waals surface area contributed by atoms with E-state index in [9.17, 15) is 9.90 Å². The fourth-order valence-corrected chi connectivity index (χ4v) is 2.99. The Bertz CT molecular complexity index is 1220. The lowest BCUT2D eigenvalue weighted by atomic mass is 9.98. The maximum absolute atomic E-state index is 12.7. The summed E-state index contributed by atoms with van der Waals surface area (Å²) >= 11 is 0. The van der Waals surface area contributed by atoms with E-state index in [-0.39, 0.29) is 17.9 Å². The number of esters is 1. The number of carbonyl (C=O) groups excluding carboxylic acids is 1. The number of aliphatic hydroxyl groups is 1. The number of hydrogen-bond donors (Lipinski definition) is 1. The van der Waals surface area contributed by atoms with Crippen molar-refractivity contribution in [2.75, 3.05) is 6.61 Å². The van der Waals surface area contributed by atoms with Crippen LogP contribution in [-0.2, 0) is 9.53 Å². The molecule has 7 heteroatoms. The summed E-state index contributed by atoms with van der Waals surface area (Å²) in [5, 5.41) is 29.8. The molecule has 1 N–H and O–H groups in total. The molecule has 2 aromatic carbocycles. The average Bonchev–Trinajstić information content (AvgIpc) is 2.73. The average molecular weight is 372 g/mol. The molecule has 7 nitrogen and oxygen atoms in total. The number of rotatable bonds is 4. The van der Waals surface area contributed by atoms with Crippen LogP contribution in [0.2, 0.25) is 0 Å².